The molecule has 0 aliphatic rings. The average Bonchev–Trinajstić information content (AvgIpc) is 2.82. The van der Waals surface area contributed by atoms with E-state index in [1.54, 1.807) is 0 Å². The zero-order valence-electron chi connectivity index (χ0n) is 22.5. The monoisotopic (exact) mass is 519 g/mol. The van der Waals surface area contributed by atoms with E-state index in [4.69, 9.17) is 11.5 Å². The van der Waals surface area contributed by atoms with E-state index in [2.05, 4.69) is 16.0 Å². The molecule has 0 saturated heterocycles. The van der Waals surface area contributed by atoms with Crippen molar-refractivity contribution in [3.05, 3.63) is 35.9 Å². The summed E-state index contributed by atoms with van der Waals surface area (Å²) in [6.45, 7) is 8.14. The first-order chi connectivity index (χ1) is 17.4. The van der Waals surface area contributed by atoms with E-state index in [0.717, 1.165) is 5.56 Å². The molecule has 0 aromatic heterocycles. The SMILES string of the molecule is CC(C)CC(N)C(=O)NC(Cc1ccccc1)C(=O)NC(CC(C)C)C(=O)NC(CCCCN)C(=O)O. The molecule has 0 fully saturated rings. The third kappa shape index (κ3) is 12.7. The van der Waals surface area contributed by atoms with Crippen molar-refractivity contribution >= 4 is 23.7 Å². The molecule has 8 N–H and O–H groups in total. The van der Waals surface area contributed by atoms with Crippen LogP contribution >= 0.6 is 0 Å². The van der Waals surface area contributed by atoms with Crippen molar-refractivity contribution in [2.24, 2.45) is 23.3 Å². The summed E-state index contributed by atoms with van der Waals surface area (Å²) in [6.07, 6.45) is 2.40. The third-order valence-corrected chi connectivity index (χ3v) is 5.88. The number of carbonyl (C=O) groups excluding carboxylic acids is 3. The van der Waals surface area contributed by atoms with Gasteiger partial charge in [0, 0.05) is 6.42 Å². The van der Waals surface area contributed by atoms with Gasteiger partial charge in [-0.15, -0.1) is 0 Å². The smallest absolute Gasteiger partial charge is 0.326 e. The third-order valence-electron chi connectivity index (χ3n) is 5.88. The molecule has 1 rings (SSSR count). The quantitative estimate of drug-likeness (QED) is 0.168. The second-order valence-electron chi connectivity index (χ2n) is 10.4. The van der Waals surface area contributed by atoms with Crippen molar-refractivity contribution in [2.45, 2.75) is 90.4 Å². The number of aliphatic carboxylic acids is 1. The van der Waals surface area contributed by atoms with E-state index in [9.17, 15) is 24.3 Å². The summed E-state index contributed by atoms with van der Waals surface area (Å²) in [5, 5.41) is 17.6. The minimum Gasteiger partial charge on any atom is -0.480 e. The Hall–Kier alpha value is -2.98. The van der Waals surface area contributed by atoms with Crippen LogP contribution in [0.15, 0.2) is 30.3 Å². The predicted octanol–water partition coefficient (Wildman–Crippen LogP) is 1.32. The molecule has 0 bridgehead atoms. The number of carboxylic acid groups (broad SMARTS) is 1. The molecule has 3 amide bonds. The normalized spacial score (nSPS) is 14.5. The lowest BCUT2D eigenvalue weighted by Crippen LogP contribution is -2.58. The van der Waals surface area contributed by atoms with Crippen LogP contribution in [0.2, 0.25) is 0 Å². The van der Waals surface area contributed by atoms with Gasteiger partial charge >= 0.3 is 5.97 Å². The van der Waals surface area contributed by atoms with Crippen molar-refractivity contribution in [1.82, 2.24) is 16.0 Å². The molecule has 0 spiro atoms. The standard InChI is InChI=1S/C27H45N5O5/c1-17(2)14-20(29)24(33)31-23(16-19-10-6-5-7-11-19)26(35)32-22(15-18(3)4)25(34)30-21(27(36)37)12-8-9-13-28/h5-7,10-11,17-18,20-23H,8-9,12-16,28-29H2,1-4H3,(H,30,34)(H,31,33)(H,32,35)(H,36,37). The molecule has 10 nitrogen and oxygen atoms in total. The fourth-order valence-electron chi connectivity index (χ4n) is 3.95. The first-order valence-electron chi connectivity index (χ1n) is 13.1. The molecule has 208 valence electrons. The van der Waals surface area contributed by atoms with Crippen molar-refractivity contribution in [1.29, 1.82) is 0 Å². The van der Waals surface area contributed by atoms with E-state index in [1.165, 1.54) is 0 Å². The summed E-state index contributed by atoms with van der Waals surface area (Å²) >= 11 is 0. The van der Waals surface area contributed by atoms with Crippen LogP contribution in [0, 0.1) is 11.8 Å². The number of unbranched alkanes of at least 4 members (excludes halogenated alkanes) is 1. The van der Waals surface area contributed by atoms with Gasteiger partial charge in [-0.1, -0.05) is 58.0 Å². The molecule has 37 heavy (non-hydrogen) atoms. The summed E-state index contributed by atoms with van der Waals surface area (Å²) < 4.78 is 0. The van der Waals surface area contributed by atoms with Crippen molar-refractivity contribution in [3.63, 3.8) is 0 Å². The Morgan fingerprint density at radius 2 is 1.32 bits per heavy atom. The average molecular weight is 520 g/mol. The van der Waals surface area contributed by atoms with Crippen molar-refractivity contribution in [3.8, 4) is 0 Å². The van der Waals surface area contributed by atoms with Gasteiger partial charge in [-0.05, 0) is 56.0 Å². The molecule has 0 aliphatic carbocycles. The van der Waals surface area contributed by atoms with Crippen LogP contribution in [0.1, 0.15) is 65.4 Å². The van der Waals surface area contributed by atoms with Crippen LogP contribution in [-0.2, 0) is 25.6 Å². The van der Waals surface area contributed by atoms with E-state index < -0.39 is 47.9 Å². The van der Waals surface area contributed by atoms with Crippen LogP contribution in [0.25, 0.3) is 0 Å². The molecule has 1 aromatic carbocycles. The Bertz CT molecular complexity index is 862. The molecule has 0 saturated carbocycles. The second kappa shape index (κ2) is 16.7. The Morgan fingerprint density at radius 3 is 1.86 bits per heavy atom. The van der Waals surface area contributed by atoms with Gasteiger partial charge < -0.3 is 32.5 Å². The second-order valence-corrected chi connectivity index (χ2v) is 10.4. The Balaban J connectivity index is 3.06. The highest BCUT2D eigenvalue weighted by molar-refractivity contribution is 5.94. The first-order valence-corrected chi connectivity index (χ1v) is 13.1. The van der Waals surface area contributed by atoms with Crippen LogP contribution < -0.4 is 27.4 Å². The molecule has 4 atom stereocenters. The van der Waals surface area contributed by atoms with Gasteiger partial charge in [0.05, 0.1) is 6.04 Å². The van der Waals surface area contributed by atoms with Crippen LogP contribution in [0.4, 0.5) is 0 Å². The maximum absolute atomic E-state index is 13.4. The van der Waals surface area contributed by atoms with Gasteiger partial charge in [-0.25, -0.2) is 4.79 Å². The molecule has 0 aliphatic heterocycles. The largest absolute Gasteiger partial charge is 0.480 e. The van der Waals surface area contributed by atoms with Gasteiger partial charge in [0.25, 0.3) is 0 Å². The van der Waals surface area contributed by atoms with Gasteiger partial charge in [-0.3, -0.25) is 14.4 Å². The highest BCUT2D eigenvalue weighted by atomic mass is 16.4. The molecule has 0 radical (unpaired) electrons. The zero-order chi connectivity index (χ0) is 28.0. The Labute approximate surface area is 220 Å². The number of hydrogen-bond donors (Lipinski definition) is 6. The van der Waals surface area contributed by atoms with E-state index >= 15 is 0 Å². The number of nitrogens with two attached hydrogens (primary N) is 2. The van der Waals surface area contributed by atoms with Crippen molar-refractivity contribution < 1.29 is 24.3 Å². The number of hydrogen-bond acceptors (Lipinski definition) is 6. The summed E-state index contributed by atoms with van der Waals surface area (Å²) in [5.41, 5.74) is 12.4. The van der Waals surface area contributed by atoms with Gasteiger partial charge in [0.15, 0.2) is 0 Å². The number of carboxylic acids is 1. The highest BCUT2D eigenvalue weighted by Crippen LogP contribution is 2.10. The minimum atomic E-state index is -1.15. The van der Waals surface area contributed by atoms with Crippen molar-refractivity contribution in [2.75, 3.05) is 6.54 Å². The van der Waals surface area contributed by atoms with Crippen LogP contribution in [0.5, 0.6) is 0 Å². The summed E-state index contributed by atoms with van der Waals surface area (Å²) in [6, 6.07) is 5.43. The Morgan fingerprint density at radius 1 is 0.784 bits per heavy atom. The lowest BCUT2D eigenvalue weighted by Gasteiger charge is -2.26. The maximum Gasteiger partial charge on any atom is 0.326 e. The van der Waals surface area contributed by atoms with E-state index in [1.807, 2.05) is 58.0 Å². The molecule has 0 heterocycles. The maximum atomic E-state index is 13.4. The number of rotatable bonds is 17. The van der Waals surface area contributed by atoms with Gasteiger partial charge in [0.2, 0.25) is 17.7 Å². The molecule has 4 unspecified atom stereocenters. The van der Waals surface area contributed by atoms with E-state index in [0.29, 0.717) is 32.2 Å². The topological polar surface area (TPSA) is 177 Å². The fourth-order valence-corrected chi connectivity index (χ4v) is 3.95. The fraction of sp³-hybridized carbons (Fsp3) is 0.630. The van der Waals surface area contributed by atoms with E-state index in [-0.39, 0.29) is 24.7 Å². The number of nitrogens with one attached hydrogen (secondary N) is 3. The van der Waals surface area contributed by atoms with Gasteiger partial charge in [-0.2, -0.15) is 0 Å². The predicted molar refractivity (Wildman–Crippen MR) is 143 cm³/mol. The minimum absolute atomic E-state index is 0.0400. The van der Waals surface area contributed by atoms with Crippen LogP contribution in [0.3, 0.4) is 0 Å². The summed E-state index contributed by atoms with van der Waals surface area (Å²) in [5.74, 6) is -2.46. The first kappa shape index (κ1) is 32.0. The van der Waals surface area contributed by atoms with Crippen LogP contribution in [-0.4, -0.2) is 59.5 Å². The number of benzene rings is 1. The highest BCUT2D eigenvalue weighted by Gasteiger charge is 2.31. The van der Waals surface area contributed by atoms with Gasteiger partial charge in [0.1, 0.15) is 18.1 Å². The summed E-state index contributed by atoms with van der Waals surface area (Å²) in [4.78, 5) is 50.9. The molecule has 10 heteroatoms. The number of carbonyl (C=O) groups is 4. The number of amides is 3. The zero-order valence-corrected chi connectivity index (χ0v) is 22.5. The Kier molecular flexibility index (Phi) is 14.5. The lowest BCUT2D eigenvalue weighted by atomic mass is 9.99. The summed E-state index contributed by atoms with van der Waals surface area (Å²) in [7, 11) is 0. The molecular weight excluding hydrogens is 474 g/mol. The molecular formula is C27H45N5O5. The molecule has 1 aromatic rings. The lowest BCUT2D eigenvalue weighted by molar-refractivity contribution is -0.142.